The standard InChI is InChI=1S/C14H13N3O3/c1-2-7-17(9-13(18)19)8-12-14(20)16-11-6-4-3-5-10(11)15-12/h1,3-6H,7-9H2,(H,16,20)(H,18,19). The minimum Gasteiger partial charge on any atom is -0.480 e. The first-order valence-corrected chi connectivity index (χ1v) is 5.95. The van der Waals surface area contributed by atoms with E-state index in [-0.39, 0.29) is 30.9 Å². The normalized spacial score (nSPS) is 10.6. The van der Waals surface area contributed by atoms with Gasteiger partial charge in [-0.2, -0.15) is 0 Å². The van der Waals surface area contributed by atoms with E-state index in [1.54, 1.807) is 18.2 Å². The summed E-state index contributed by atoms with van der Waals surface area (Å²) in [7, 11) is 0. The van der Waals surface area contributed by atoms with E-state index in [4.69, 9.17) is 11.5 Å². The number of aromatic nitrogens is 2. The number of fused-ring (bicyclic) bond motifs is 1. The number of nitrogens with zero attached hydrogens (tertiary/aromatic N) is 2. The van der Waals surface area contributed by atoms with Crippen molar-refractivity contribution in [2.75, 3.05) is 13.1 Å². The summed E-state index contributed by atoms with van der Waals surface area (Å²) in [5.41, 5.74) is 1.21. The van der Waals surface area contributed by atoms with Crippen LogP contribution in [0.2, 0.25) is 0 Å². The second-order valence-electron chi connectivity index (χ2n) is 4.27. The van der Waals surface area contributed by atoms with Crippen LogP contribution in [0, 0.1) is 12.3 Å². The molecule has 0 aliphatic rings. The van der Waals surface area contributed by atoms with Gasteiger partial charge in [0.15, 0.2) is 0 Å². The molecule has 102 valence electrons. The minimum atomic E-state index is -1.00. The van der Waals surface area contributed by atoms with Gasteiger partial charge in [0.1, 0.15) is 5.69 Å². The maximum Gasteiger partial charge on any atom is 0.317 e. The Morgan fingerprint density at radius 3 is 2.90 bits per heavy atom. The lowest BCUT2D eigenvalue weighted by Crippen LogP contribution is -2.32. The SMILES string of the molecule is C#CCN(CC(=O)O)Cc1nc2ccccc2[nH]c1=O. The van der Waals surface area contributed by atoms with E-state index in [0.717, 1.165) is 0 Å². The second-order valence-corrected chi connectivity index (χ2v) is 4.27. The highest BCUT2D eigenvalue weighted by molar-refractivity contribution is 5.73. The highest BCUT2D eigenvalue weighted by Crippen LogP contribution is 2.07. The fourth-order valence-corrected chi connectivity index (χ4v) is 1.87. The molecule has 6 heteroatoms. The number of carbonyl (C=O) groups is 1. The van der Waals surface area contributed by atoms with Crippen molar-refractivity contribution in [2.45, 2.75) is 6.54 Å². The van der Waals surface area contributed by atoms with Crippen LogP contribution < -0.4 is 5.56 Å². The van der Waals surface area contributed by atoms with Gasteiger partial charge in [0.2, 0.25) is 0 Å². The number of carboxylic acids is 1. The van der Waals surface area contributed by atoms with Crippen molar-refractivity contribution in [1.29, 1.82) is 0 Å². The van der Waals surface area contributed by atoms with Crippen LogP contribution in [-0.4, -0.2) is 39.0 Å². The van der Waals surface area contributed by atoms with Gasteiger partial charge >= 0.3 is 5.97 Å². The third-order valence-corrected chi connectivity index (χ3v) is 2.72. The van der Waals surface area contributed by atoms with Crippen molar-refractivity contribution in [3.63, 3.8) is 0 Å². The summed E-state index contributed by atoms with van der Waals surface area (Å²) in [5, 5.41) is 8.81. The largest absolute Gasteiger partial charge is 0.480 e. The molecule has 1 heterocycles. The van der Waals surface area contributed by atoms with E-state index < -0.39 is 5.97 Å². The number of hydrogen-bond donors (Lipinski definition) is 2. The van der Waals surface area contributed by atoms with E-state index in [1.807, 2.05) is 6.07 Å². The molecule has 0 spiro atoms. The average Bonchev–Trinajstić information content (AvgIpc) is 2.39. The third kappa shape index (κ3) is 3.22. The lowest BCUT2D eigenvalue weighted by molar-refractivity contribution is -0.138. The molecule has 2 aromatic rings. The Bertz CT molecular complexity index is 730. The van der Waals surface area contributed by atoms with Gasteiger partial charge in [-0.05, 0) is 12.1 Å². The van der Waals surface area contributed by atoms with E-state index in [0.29, 0.717) is 11.0 Å². The molecule has 0 radical (unpaired) electrons. The van der Waals surface area contributed by atoms with Gasteiger partial charge in [0.05, 0.1) is 24.1 Å². The first-order chi connectivity index (χ1) is 9.60. The maximum absolute atomic E-state index is 11.9. The monoisotopic (exact) mass is 271 g/mol. The van der Waals surface area contributed by atoms with Gasteiger partial charge in [-0.15, -0.1) is 6.42 Å². The number of nitrogens with one attached hydrogen (secondary N) is 1. The van der Waals surface area contributed by atoms with Gasteiger partial charge < -0.3 is 10.1 Å². The van der Waals surface area contributed by atoms with Crippen molar-refractivity contribution >= 4 is 17.0 Å². The molecule has 0 aliphatic carbocycles. The maximum atomic E-state index is 11.9. The van der Waals surface area contributed by atoms with Gasteiger partial charge in [0, 0.05) is 6.54 Å². The molecule has 1 aromatic carbocycles. The smallest absolute Gasteiger partial charge is 0.317 e. The zero-order valence-corrected chi connectivity index (χ0v) is 10.7. The molecule has 0 atom stereocenters. The number of terminal acetylenes is 1. The van der Waals surface area contributed by atoms with E-state index in [9.17, 15) is 9.59 Å². The number of para-hydroxylation sites is 2. The molecule has 6 nitrogen and oxygen atoms in total. The molecule has 20 heavy (non-hydrogen) atoms. The second kappa shape index (κ2) is 5.99. The number of aliphatic carboxylic acids is 1. The Morgan fingerprint density at radius 2 is 2.20 bits per heavy atom. The van der Waals surface area contributed by atoms with Gasteiger partial charge in [0.25, 0.3) is 5.56 Å². The zero-order chi connectivity index (χ0) is 14.5. The summed E-state index contributed by atoms with van der Waals surface area (Å²) >= 11 is 0. The number of carboxylic acid groups (broad SMARTS) is 1. The van der Waals surface area contributed by atoms with Crippen LogP contribution in [-0.2, 0) is 11.3 Å². The van der Waals surface area contributed by atoms with E-state index in [2.05, 4.69) is 15.9 Å². The number of H-pyrrole nitrogens is 1. The summed E-state index contributed by atoms with van der Waals surface area (Å²) < 4.78 is 0. The predicted octanol–water partition coefficient (Wildman–Crippen LogP) is 0.443. The van der Waals surface area contributed by atoms with Crippen molar-refractivity contribution in [1.82, 2.24) is 14.9 Å². The fraction of sp³-hybridized carbons (Fsp3) is 0.214. The van der Waals surface area contributed by atoms with E-state index in [1.165, 1.54) is 4.90 Å². The van der Waals surface area contributed by atoms with Gasteiger partial charge in [-0.1, -0.05) is 18.1 Å². The first-order valence-electron chi connectivity index (χ1n) is 5.95. The molecule has 0 fully saturated rings. The highest BCUT2D eigenvalue weighted by Gasteiger charge is 2.13. The fourth-order valence-electron chi connectivity index (χ4n) is 1.87. The molecule has 2 N–H and O–H groups in total. The Kier molecular flexibility index (Phi) is 4.13. The molecular weight excluding hydrogens is 258 g/mol. The van der Waals surface area contributed by atoms with Crippen LogP contribution in [0.3, 0.4) is 0 Å². The van der Waals surface area contributed by atoms with E-state index >= 15 is 0 Å². The van der Waals surface area contributed by atoms with Crippen molar-refractivity contribution < 1.29 is 9.90 Å². The third-order valence-electron chi connectivity index (χ3n) is 2.72. The highest BCUT2D eigenvalue weighted by atomic mass is 16.4. The number of hydrogen-bond acceptors (Lipinski definition) is 4. The molecule has 2 rings (SSSR count). The molecule has 1 aromatic heterocycles. The number of aromatic amines is 1. The lowest BCUT2D eigenvalue weighted by Gasteiger charge is -2.16. The molecule has 0 saturated carbocycles. The summed E-state index contributed by atoms with van der Waals surface area (Å²) in [5.74, 6) is 1.37. The lowest BCUT2D eigenvalue weighted by atomic mass is 10.3. The van der Waals surface area contributed by atoms with Crippen molar-refractivity contribution in [3.05, 3.63) is 40.3 Å². The number of benzene rings is 1. The topological polar surface area (TPSA) is 86.3 Å². The quantitative estimate of drug-likeness (QED) is 0.771. The Labute approximate surface area is 115 Å². The molecule has 0 unspecified atom stereocenters. The van der Waals surface area contributed by atoms with Crippen LogP contribution in [0.1, 0.15) is 5.69 Å². The predicted molar refractivity (Wildman–Crippen MR) is 74.1 cm³/mol. The van der Waals surface area contributed by atoms with Gasteiger partial charge in [-0.3, -0.25) is 14.5 Å². The molecule has 0 aliphatic heterocycles. The van der Waals surface area contributed by atoms with Crippen LogP contribution >= 0.6 is 0 Å². The zero-order valence-electron chi connectivity index (χ0n) is 10.7. The summed E-state index contributed by atoms with van der Waals surface area (Å²) in [6, 6.07) is 7.14. The number of rotatable bonds is 5. The van der Waals surface area contributed by atoms with Crippen molar-refractivity contribution in [3.8, 4) is 12.3 Å². The van der Waals surface area contributed by atoms with Crippen LogP contribution in [0.15, 0.2) is 29.1 Å². The Hall–Kier alpha value is -2.65. The molecule has 0 bridgehead atoms. The summed E-state index contributed by atoms with van der Waals surface area (Å²) in [4.78, 5) is 31.1. The van der Waals surface area contributed by atoms with Crippen molar-refractivity contribution in [2.24, 2.45) is 0 Å². The minimum absolute atomic E-state index is 0.0939. The molecular formula is C14H13N3O3. The average molecular weight is 271 g/mol. The Morgan fingerprint density at radius 1 is 1.45 bits per heavy atom. The van der Waals surface area contributed by atoms with Crippen LogP contribution in [0.5, 0.6) is 0 Å². The van der Waals surface area contributed by atoms with Gasteiger partial charge in [-0.25, -0.2) is 4.98 Å². The summed E-state index contributed by atoms with van der Waals surface area (Å²) in [6.07, 6.45) is 5.20. The summed E-state index contributed by atoms with van der Waals surface area (Å²) in [6.45, 7) is -0.00490. The first kappa shape index (κ1) is 13.8. The van der Waals surface area contributed by atoms with Crippen LogP contribution in [0.25, 0.3) is 11.0 Å². The Balaban J connectivity index is 2.32. The molecule has 0 saturated heterocycles. The molecule has 0 amide bonds. The van der Waals surface area contributed by atoms with Crippen LogP contribution in [0.4, 0.5) is 0 Å².